The van der Waals surface area contributed by atoms with E-state index >= 15 is 0 Å². The van der Waals surface area contributed by atoms with Gasteiger partial charge in [0, 0.05) is 29.6 Å². The Balaban J connectivity index is 1.72. The maximum atomic E-state index is 13.4. The predicted octanol–water partition coefficient (Wildman–Crippen LogP) is 5.49. The Labute approximate surface area is 199 Å². The van der Waals surface area contributed by atoms with E-state index in [-0.39, 0.29) is 17.9 Å². The molecule has 0 atom stereocenters. The number of pyridine rings is 2. The van der Waals surface area contributed by atoms with Gasteiger partial charge in [-0.3, -0.25) is 0 Å². The Morgan fingerprint density at radius 2 is 1.86 bits per heavy atom. The van der Waals surface area contributed by atoms with Gasteiger partial charge in [0.2, 0.25) is 0 Å². The van der Waals surface area contributed by atoms with Crippen LogP contribution in [0.3, 0.4) is 0 Å². The lowest BCUT2D eigenvalue weighted by atomic mass is 9.97. The first kappa shape index (κ1) is 23.9. The number of aromatic nitrogens is 5. The Morgan fingerprint density at radius 3 is 2.54 bits per heavy atom. The van der Waals surface area contributed by atoms with Gasteiger partial charge in [-0.05, 0) is 51.5 Å². The highest BCUT2D eigenvalue weighted by Gasteiger charge is 2.33. The number of hydrogen-bond donors (Lipinski definition) is 1. The van der Waals surface area contributed by atoms with E-state index in [1.165, 1.54) is 0 Å². The standard InChI is InChI=1S/C24H22F3N7O/c1-14-7-21(31-15(2)30-14)32-22-9-17-8-16(5-6-34(17)33-22)18-10-20(24(25,26)27)29-11-19(18)35-13-23(3,4)12-28/h5-11H,13H2,1-4H3,(H,30,31,32,33). The highest BCUT2D eigenvalue weighted by Crippen LogP contribution is 2.37. The molecule has 11 heteroatoms. The van der Waals surface area contributed by atoms with Crippen LogP contribution in [0.15, 0.2) is 42.7 Å². The lowest BCUT2D eigenvalue weighted by molar-refractivity contribution is -0.141. The summed E-state index contributed by atoms with van der Waals surface area (Å²) in [7, 11) is 0. The highest BCUT2D eigenvalue weighted by molar-refractivity contribution is 5.75. The number of anilines is 2. The number of halogens is 3. The van der Waals surface area contributed by atoms with Crippen molar-refractivity contribution in [1.82, 2.24) is 24.6 Å². The molecule has 35 heavy (non-hydrogen) atoms. The van der Waals surface area contributed by atoms with Crippen LogP contribution in [-0.4, -0.2) is 31.2 Å². The molecule has 4 heterocycles. The Hall–Kier alpha value is -4.20. The van der Waals surface area contributed by atoms with Crippen LogP contribution in [0.25, 0.3) is 16.6 Å². The quantitative estimate of drug-likeness (QED) is 0.388. The number of nitriles is 1. The smallest absolute Gasteiger partial charge is 0.433 e. The van der Waals surface area contributed by atoms with Crippen LogP contribution in [0, 0.1) is 30.6 Å². The van der Waals surface area contributed by atoms with E-state index in [1.807, 2.05) is 6.92 Å². The van der Waals surface area contributed by atoms with Crippen LogP contribution in [0.5, 0.6) is 5.75 Å². The number of alkyl halides is 3. The van der Waals surface area contributed by atoms with Crippen molar-refractivity contribution in [1.29, 1.82) is 5.26 Å². The maximum Gasteiger partial charge on any atom is 0.433 e. The molecule has 0 saturated heterocycles. The predicted molar refractivity (Wildman–Crippen MR) is 123 cm³/mol. The summed E-state index contributed by atoms with van der Waals surface area (Å²) in [4.78, 5) is 12.1. The number of aryl methyl sites for hydroxylation is 2. The molecule has 0 radical (unpaired) electrons. The highest BCUT2D eigenvalue weighted by atomic mass is 19.4. The molecule has 0 fully saturated rings. The average molecular weight is 481 g/mol. The molecule has 4 aromatic rings. The van der Waals surface area contributed by atoms with Crippen molar-refractivity contribution >= 4 is 17.2 Å². The SMILES string of the molecule is Cc1cc(Nc2cc3cc(-c4cc(C(F)(F)F)ncc4OCC(C)(C)C#N)ccn3n2)nc(C)n1. The van der Waals surface area contributed by atoms with E-state index in [4.69, 9.17) is 4.74 Å². The summed E-state index contributed by atoms with van der Waals surface area (Å²) in [5, 5.41) is 16.8. The van der Waals surface area contributed by atoms with Crippen LogP contribution >= 0.6 is 0 Å². The molecule has 0 unspecified atom stereocenters. The number of rotatable bonds is 6. The second-order valence-electron chi connectivity index (χ2n) is 8.73. The number of nitrogens with zero attached hydrogens (tertiary/aromatic N) is 6. The lowest BCUT2D eigenvalue weighted by Gasteiger charge is -2.19. The van der Waals surface area contributed by atoms with Crippen molar-refractivity contribution in [2.75, 3.05) is 11.9 Å². The van der Waals surface area contributed by atoms with Gasteiger partial charge in [0.1, 0.15) is 29.7 Å². The van der Waals surface area contributed by atoms with Gasteiger partial charge >= 0.3 is 6.18 Å². The Bertz CT molecular complexity index is 1420. The fourth-order valence-corrected chi connectivity index (χ4v) is 3.36. The average Bonchev–Trinajstić information content (AvgIpc) is 3.17. The molecule has 1 N–H and O–H groups in total. The van der Waals surface area contributed by atoms with Gasteiger partial charge in [-0.1, -0.05) is 0 Å². The second-order valence-corrected chi connectivity index (χ2v) is 8.73. The number of fused-ring (bicyclic) bond motifs is 1. The number of ether oxygens (including phenoxy) is 1. The van der Waals surface area contributed by atoms with Crippen molar-refractivity contribution in [2.24, 2.45) is 5.41 Å². The lowest BCUT2D eigenvalue weighted by Crippen LogP contribution is -2.19. The van der Waals surface area contributed by atoms with E-state index in [9.17, 15) is 18.4 Å². The van der Waals surface area contributed by atoms with E-state index in [1.54, 1.807) is 55.7 Å². The topological polar surface area (TPSA) is 101 Å². The fraction of sp³-hybridized carbons (Fsp3) is 0.292. The van der Waals surface area contributed by atoms with Gasteiger partial charge in [0.15, 0.2) is 5.82 Å². The van der Waals surface area contributed by atoms with Crippen LogP contribution in [-0.2, 0) is 6.18 Å². The number of nitrogens with one attached hydrogen (secondary N) is 1. The van der Waals surface area contributed by atoms with Gasteiger partial charge in [-0.25, -0.2) is 19.5 Å². The summed E-state index contributed by atoms with van der Waals surface area (Å²) in [6.45, 7) is 6.99. The summed E-state index contributed by atoms with van der Waals surface area (Å²) in [6, 6.07) is 9.93. The molecule has 0 amide bonds. The van der Waals surface area contributed by atoms with Crippen molar-refractivity contribution in [3.05, 3.63) is 59.9 Å². The van der Waals surface area contributed by atoms with E-state index in [0.29, 0.717) is 28.5 Å². The minimum absolute atomic E-state index is 0.00962. The van der Waals surface area contributed by atoms with E-state index in [2.05, 4.69) is 31.4 Å². The third kappa shape index (κ3) is 5.48. The molecule has 0 bridgehead atoms. The molecular weight excluding hydrogens is 459 g/mol. The normalized spacial score (nSPS) is 11.9. The molecule has 0 aliphatic rings. The van der Waals surface area contributed by atoms with Gasteiger partial charge in [-0.2, -0.15) is 23.5 Å². The van der Waals surface area contributed by atoms with Gasteiger partial charge < -0.3 is 10.1 Å². The summed E-state index contributed by atoms with van der Waals surface area (Å²) < 4.78 is 47.5. The first-order valence-corrected chi connectivity index (χ1v) is 10.6. The zero-order valence-electron chi connectivity index (χ0n) is 19.5. The fourth-order valence-electron chi connectivity index (χ4n) is 3.36. The summed E-state index contributed by atoms with van der Waals surface area (Å²) in [5.74, 6) is 1.86. The molecule has 0 aromatic carbocycles. The molecule has 180 valence electrons. The third-order valence-electron chi connectivity index (χ3n) is 5.05. The molecule has 4 rings (SSSR count). The molecule has 0 aliphatic carbocycles. The molecular formula is C24H22F3N7O. The van der Waals surface area contributed by atoms with Crippen molar-refractivity contribution < 1.29 is 17.9 Å². The Morgan fingerprint density at radius 1 is 1.09 bits per heavy atom. The summed E-state index contributed by atoms with van der Waals surface area (Å²) in [6.07, 6.45) is -1.94. The Kier molecular flexibility index (Phi) is 6.06. The van der Waals surface area contributed by atoms with E-state index in [0.717, 1.165) is 18.0 Å². The molecule has 0 spiro atoms. The molecule has 8 nitrogen and oxygen atoms in total. The van der Waals surface area contributed by atoms with Crippen molar-refractivity contribution in [3.8, 4) is 22.9 Å². The monoisotopic (exact) mass is 481 g/mol. The summed E-state index contributed by atoms with van der Waals surface area (Å²) >= 11 is 0. The van der Waals surface area contributed by atoms with Crippen LogP contribution < -0.4 is 10.1 Å². The zero-order chi connectivity index (χ0) is 25.4. The van der Waals surface area contributed by atoms with Gasteiger partial charge in [0.05, 0.1) is 23.2 Å². The minimum Gasteiger partial charge on any atom is -0.490 e. The molecule has 0 aliphatic heterocycles. The van der Waals surface area contributed by atoms with Crippen LogP contribution in [0.4, 0.5) is 24.8 Å². The van der Waals surface area contributed by atoms with Gasteiger partial charge in [0.25, 0.3) is 0 Å². The number of hydrogen-bond acceptors (Lipinski definition) is 7. The van der Waals surface area contributed by atoms with Crippen molar-refractivity contribution in [3.63, 3.8) is 0 Å². The molecule has 4 aromatic heterocycles. The zero-order valence-corrected chi connectivity index (χ0v) is 19.5. The maximum absolute atomic E-state index is 13.4. The third-order valence-corrected chi connectivity index (χ3v) is 5.05. The molecule has 0 saturated carbocycles. The van der Waals surface area contributed by atoms with Crippen molar-refractivity contribution in [2.45, 2.75) is 33.9 Å². The largest absolute Gasteiger partial charge is 0.490 e. The van der Waals surface area contributed by atoms with Crippen LogP contribution in [0.1, 0.15) is 31.1 Å². The second kappa shape index (κ2) is 8.87. The minimum atomic E-state index is -4.62. The van der Waals surface area contributed by atoms with E-state index < -0.39 is 17.3 Å². The van der Waals surface area contributed by atoms with Crippen LogP contribution in [0.2, 0.25) is 0 Å². The summed E-state index contributed by atoms with van der Waals surface area (Å²) in [5.41, 5.74) is 0.270. The van der Waals surface area contributed by atoms with Gasteiger partial charge in [-0.15, -0.1) is 0 Å². The first-order valence-electron chi connectivity index (χ1n) is 10.6. The first-order chi connectivity index (χ1) is 16.4.